The van der Waals surface area contributed by atoms with Crippen molar-refractivity contribution in [3.05, 3.63) is 58.0 Å². The van der Waals surface area contributed by atoms with Crippen LogP contribution < -0.4 is 5.32 Å². The molecular weight excluding hydrogens is 248 g/mol. The minimum atomic E-state index is -0.840. The van der Waals surface area contributed by atoms with Gasteiger partial charge >= 0.3 is 0 Å². The SMILES string of the molecule is CNC(c1ccc(F)c(F)c1)c1c(C)oc(C)c1C. The third-order valence-electron chi connectivity index (χ3n) is 3.47. The summed E-state index contributed by atoms with van der Waals surface area (Å²) in [4.78, 5) is 0. The van der Waals surface area contributed by atoms with Gasteiger partial charge in [-0.1, -0.05) is 6.07 Å². The first-order valence-corrected chi connectivity index (χ1v) is 6.14. The van der Waals surface area contributed by atoms with E-state index in [1.165, 1.54) is 6.07 Å². The molecule has 0 fully saturated rings. The Morgan fingerprint density at radius 3 is 2.21 bits per heavy atom. The first kappa shape index (κ1) is 13.7. The van der Waals surface area contributed by atoms with Gasteiger partial charge in [0, 0.05) is 5.56 Å². The monoisotopic (exact) mass is 265 g/mol. The summed E-state index contributed by atoms with van der Waals surface area (Å²) in [7, 11) is 1.78. The van der Waals surface area contributed by atoms with Crippen LogP contribution in [0.25, 0.3) is 0 Å². The lowest BCUT2D eigenvalue weighted by Gasteiger charge is -2.17. The number of aryl methyl sites for hydroxylation is 2. The van der Waals surface area contributed by atoms with E-state index in [-0.39, 0.29) is 6.04 Å². The Hall–Kier alpha value is -1.68. The van der Waals surface area contributed by atoms with Crippen LogP contribution in [-0.4, -0.2) is 7.05 Å². The molecule has 1 atom stereocenters. The molecule has 2 rings (SSSR count). The second kappa shape index (κ2) is 5.13. The number of benzene rings is 1. The fourth-order valence-corrected chi connectivity index (χ4v) is 2.40. The quantitative estimate of drug-likeness (QED) is 0.913. The van der Waals surface area contributed by atoms with Gasteiger partial charge in [0.2, 0.25) is 0 Å². The Labute approximate surface area is 111 Å². The van der Waals surface area contributed by atoms with Crippen molar-refractivity contribution in [2.75, 3.05) is 7.05 Å². The van der Waals surface area contributed by atoms with Gasteiger partial charge in [-0.3, -0.25) is 0 Å². The minimum Gasteiger partial charge on any atom is -0.466 e. The van der Waals surface area contributed by atoms with Crippen LogP contribution in [0.2, 0.25) is 0 Å². The van der Waals surface area contributed by atoms with Crippen molar-refractivity contribution in [1.82, 2.24) is 5.32 Å². The number of hydrogen-bond acceptors (Lipinski definition) is 2. The molecule has 1 N–H and O–H groups in total. The zero-order valence-electron chi connectivity index (χ0n) is 11.5. The molecule has 2 aromatic rings. The first-order chi connectivity index (χ1) is 8.95. The molecule has 2 nitrogen and oxygen atoms in total. The molecule has 1 unspecified atom stereocenters. The predicted molar refractivity (Wildman–Crippen MR) is 70.2 cm³/mol. The molecule has 1 heterocycles. The Morgan fingerprint density at radius 1 is 1.05 bits per heavy atom. The molecule has 102 valence electrons. The van der Waals surface area contributed by atoms with Gasteiger partial charge in [-0.05, 0) is 51.1 Å². The molecular formula is C15H17F2NO. The van der Waals surface area contributed by atoms with E-state index in [2.05, 4.69) is 5.32 Å². The van der Waals surface area contributed by atoms with Crippen molar-refractivity contribution in [2.24, 2.45) is 0 Å². The van der Waals surface area contributed by atoms with E-state index >= 15 is 0 Å². The maximum atomic E-state index is 13.4. The van der Waals surface area contributed by atoms with Crippen molar-refractivity contribution >= 4 is 0 Å². The van der Waals surface area contributed by atoms with Gasteiger partial charge in [0.15, 0.2) is 11.6 Å². The Bertz CT molecular complexity index is 604. The summed E-state index contributed by atoms with van der Waals surface area (Å²) < 4.78 is 32.0. The van der Waals surface area contributed by atoms with Crippen LogP contribution in [0, 0.1) is 32.4 Å². The Morgan fingerprint density at radius 2 is 1.74 bits per heavy atom. The highest BCUT2D eigenvalue weighted by atomic mass is 19.2. The van der Waals surface area contributed by atoms with E-state index in [4.69, 9.17) is 4.42 Å². The maximum absolute atomic E-state index is 13.4. The third kappa shape index (κ3) is 2.40. The second-order valence-electron chi connectivity index (χ2n) is 4.65. The zero-order chi connectivity index (χ0) is 14.2. The van der Waals surface area contributed by atoms with E-state index in [0.717, 1.165) is 28.7 Å². The predicted octanol–water partition coefficient (Wildman–Crippen LogP) is 3.79. The van der Waals surface area contributed by atoms with E-state index < -0.39 is 11.6 Å². The lowest BCUT2D eigenvalue weighted by atomic mass is 9.95. The average Bonchev–Trinajstić information content (AvgIpc) is 2.61. The van der Waals surface area contributed by atoms with Gasteiger partial charge in [0.1, 0.15) is 11.5 Å². The van der Waals surface area contributed by atoms with Gasteiger partial charge < -0.3 is 9.73 Å². The zero-order valence-corrected chi connectivity index (χ0v) is 11.5. The molecule has 0 aliphatic carbocycles. The topological polar surface area (TPSA) is 25.2 Å². The Balaban J connectivity index is 2.52. The smallest absolute Gasteiger partial charge is 0.159 e. The highest BCUT2D eigenvalue weighted by Crippen LogP contribution is 2.31. The summed E-state index contributed by atoms with van der Waals surface area (Å²) >= 11 is 0. The van der Waals surface area contributed by atoms with Crippen molar-refractivity contribution < 1.29 is 13.2 Å². The molecule has 0 saturated carbocycles. The summed E-state index contributed by atoms with van der Waals surface area (Å²) in [6, 6.07) is 3.73. The standard InChI is InChI=1S/C15H17F2NO/c1-8-9(2)19-10(3)14(8)15(18-4)11-5-6-12(16)13(17)7-11/h5-7,15,18H,1-4H3. The van der Waals surface area contributed by atoms with Crippen LogP contribution >= 0.6 is 0 Å². The van der Waals surface area contributed by atoms with E-state index in [1.807, 2.05) is 20.8 Å². The molecule has 1 aromatic heterocycles. The van der Waals surface area contributed by atoms with Crippen LogP contribution in [0.3, 0.4) is 0 Å². The van der Waals surface area contributed by atoms with E-state index in [1.54, 1.807) is 13.1 Å². The molecule has 0 aliphatic heterocycles. The molecule has 1 aromatic carbocycles. The number of nitrogens with one attached hydrogen (secondary N) is 1. The van der Waals surface area contributed by atoms with Crippen LogP contribution in [0.4, 0.5) is 8.78 Å². The van der Waals surface area contributed by atoms with Crippen molar-refractivity contribution in [3.63, 3.8) is 0 Å². The van der Waals surface area contributed by atoms with Gasteiger partial charge in [-0.2, -0.15) is 0 Å². The minimum absolute atomic E-state index is 0.215. The average molecular weight is 265 g/mol. The lowest BCUT2D eigenvalue weighted by Crippen LogP contribution is -2.19. The summed E-state index contributed by atoms with van der Waals surface area (Å²) in [5.74, 6) is -0.0434. The fraction of sp³-hybridized carbons (Fsp3) is 0.333. The summed E-state index contributed by atoms with van der Waals surface area (Å²) in [6.07, 6.45) is 0. The Kier molecular flexibility index (Phi) is 3.71. The van der Waals surface area contributed by atoms with Crippen LogP contribution in [0.5, 0.6) is 0 Å². The highest BCUT2D eigenvalue weighted by molar-refractivity contribution is 5.40. The van der Waals surface area contributed by atoms with Gasteiger partial charge in [0.25, 0.3) is 0 Å². The van der Waals surface area contributed by atoms with Gasteiger partial charge in [-0.15, -0.1) is 0 Å². The normalized spacial score (nSPS) is 12.7. The number of furan rings is 1. The van der Waals surface area contributed by atoms with Crippen LogP contribution in [-0.2, 0) is 0 Å². The van der Waals surface area contributed by atoms with E-state index in [9.17, 15) is 8.78 Å². The highest BCUT2D eigenvalue weighted by Gasteiger charge is 2.22. The second-order valence-corrected chi connectivity index (χ2v) is 4.65. The number of rotatable bonds is 3. The number of hydrogen-bond donors (Lipinski definition) is 1. The van der Waals surface area contributed by atoms with Gasteiger partial charge in [-0.25, -0.2) is 8.78 Å². The molecule has 0 radical (unpaired) electrons. The van der Waals surface area contributed by atoms with Crippen molar-refractivity contribution in [3.8, 4) is 0 Å². The van der Waals surface area contributed by atoms with Crippen molar-refractivity contribution in [2.45, 2.75) is 26.8 Å². The number of halogens is 2. The summed E-state index contributed by atoms with van der Waals surface area (Å²) in [5.41, 5.74) is 2.68. The fourth-order valence-electron chi connectivity index (χ4n) is 2.40. The molecule has 0 saturated heterocycles. The maximum Gasteiger partial charge on any atom is 0.159 e. The summed E-state index contributed by atoms with van der Waals surface area (Å²) in [6.45, 7) is 5.73. The molecule has 4 heteroatoms. The van der Waals surface area contributed by atoms with Crippen molar-refractivity contribution in [1.29, 1.82) is 0 Å². The largest absolute Gasteiger partial charge is 0.466 e. The van der Waals surface area contributed by atoms with Gasteiger partial charge in [0.05, 0.1) is 6.04 Å². The molecule has 0 spiro atoms. The van der Waals surface area contributed by atoms with Crippen LogP contribution in [0.1, 0.15) is 34.3 Å². The molecule has 19 heavy (non-hydrogen) atoms. The third-order valence-corrected chi connectivity index (χ3v) is 3.47. The van der Waals surface area contributed by atoms with Crippen LogP contribution in [0.15, 0.2) is 22.6 Å². The molecule has 0 amide bonds. The van der Waals surface area contributed by atoms with E-state index in [0.29, 0.717) is 5.56 Å². The summed E-state index contributed by atoms with van der Waals surface area (Å²) in [5, 5.41) is 3.13. The first-order valence-electron chi connectivity index (χ1n) is 6.14. The molecule has 0 bridgehead atoms. The lowest BCUT2D eigenvalue weighted by molar-refractivity contribution is 0.493. The molecule has 0 aliphatic rings.